The molecular weight excluding hydrogens is 423 g/mol. The van der Waals surface area contributed by atoms with Crippen LogP contribution in [0.3, 0.4) is 0 Å². The Hall–Kier alpha value is -2.94. The van der Waals surface area contributed by atoms with Gasteiger partial charge >= 0.3 is 6.09 Å². The van der Waals surface area contributed by atoms with Crippen LogP contribution in [0.5, 0.6) is 0 Å². The largest absolute Gasteiger partial charge is 0.447 e. The fraction of sp³-hybridized carbons (Fsp3) is 0.429. The Bertz CT molecular complexity index is 1090. The van der Waals surface area contributed by atoms with Crippen molar-refractivity contribution in [2.75, 3.05) is 25.0 Å². The zero-order valence-electron chi connectivity index (χ0n) is 17.4. The van der Waals surface area contributed by atoms with Crippen LogP contribution < -0.4 is 5.32 Å². The molecule has 0 unspecified atom stereocenters. The average molecular weight is 447 g/mol. The summed E-state index contributed by atoms with van der Waals surface area (Å²) in [6.07, 6.45) is 5.77. The first-order valence-electron chi connectivity index (χ1n) is 10.3. The monoisotopic (exact) mass is 446 g/mol. The summed E-state index contributed by atoms with van der Waals surface area (Å²) in [6, 6.07) is 1.77. The number of halogens is 2. The number of nitrogens with zero attached hydrogens (tertiary/aromatic N) is 4. The van der Waals surface area contributed by atoms with Gasteiger partial charge in [0.2, 0.25) is 0 Å². The molecule has 2 N–H and O–H groups in total. The van der Waals surface area contributed by atoms with E-state index in [4.69, 9.17) is 16.3 Å². The van der Waals surface area contributed by atoms with Crippen molar-refractivity contribution in [2.24, 2.45) is 5.92 Å². The fourth-order valence-electron chi connectivity index (χ4n) is 3.70. The van der Waals surface area contributed by atoms with Crippen molar-refractivity contribution < 1.29 is 13.9 Å². The van der Waals surface area contributed by atoms with Gasteiger partial charge in [0.15, 0.2) is 17.5 Å². The normalized spacial score (nSPS) is 16.7. The third kappa shape index (κ3) is 4.87. The van der Waals surface area contributed by atoms with Crippen LogP contribution >= 0.6 is 11.6 Å². The molecule has 1 saturated heterocycles. The van der Waals surface area contributed by atoms with Crippen molar-refractivity contribution in [3.63, 3.8) is 0 Å². The van der Waals surface area contributed by atoms with Crippen molar-refractivity contribution in [1.82, 2.24) is 24.8 Å². The minimum atomic E-state index is -0.536. The van der Waals surface area contributed by atoms with E-state index in [-0.39, 0.29) is 23.9 Å². The SMILES string of the molecule is CC(C)OC(=O)N1CCC[C@@H](CNc2nc(-c3c[nH]c4ncc(Cl)cc34)ncc2F)C1. The number of aromatic amines is 1. The quantitative estimate of drug-likeness (QED) is 0.599. The molecule has 1 amide bonds. The second-order valence-corrected chi connectivity index (χ2v) is 8.35. The Morgan fingerprint density at radius 3 is 3.06 bits per heavy atom. The molecule has 0 aliphatic carbocycles. The predicted molar refractivity (Wildman–Crippen MR) is 116 cm³/mol. The standard InChI is InChI=1S/C21H24ClFN6O2/c1-12(2)31-21(30)29-5-3-4-13(11-29)7-24-20-17(23)10-27-19(28-20)16-9-26-18-15(16)6-14(22)8-25-18/h6,8-10,12-13H,3-5,7,11H2,1-2H3,(H,25,26)(H,24,27,28)/t13-/m0/s1. The molecule has 1 aliphatic heterocycles. The lowest BCUT2D eigenvalue weighted by molar-refractivity contribution is 0.0637. The number of pyridine rings is 1. The molecule has 8 nitrogen and oxygen atoms in total. The third-order valence-corrected chi connectivity index (χ3v) is 5.36. The van der Waals surface area contributed by atoms with E-state index < -0.39 is 5.82 Å². The topological polar surface area (TPSA) is 96.0 Å². The van der Waals surface area contributed by atoms with Gasteiger partial charge in [0.25, 0.3) is 0 Å². The number of carbonyl (C=O) groups excluding carboxylic acids is 1. The molecule has 1 atom stereocenters. The molecule has 1 aliphatic rings. The first-order chi connectivity index (χ1) is 14.9. The Labute approximate surface area is 184 Å². The highest BCUT2D eigenvalue weighted by Gasteiger charge is 2.25. The van der Waals surface area contributed by atoms with Gasteiger partial charge in [0, 0.05) is 43.0 Å². The van der Waals surface area contributed by atoms with E-state index in [0.717, 1.165) is 24.4 Å². The first-order valence-corrected chi connectivity index (χ1v) is 10.6. The van der Waals surface area contributed by atoms with Gasteiger partial charge in [0.05, 0.1) is 17.3 Å². The summed E-state index contributed by atoms with van der Waals surface area (Å²) in [7, 11) is 0. The van der Waals surface area contributed by atoms with E-state index in [2.05, 4.69) is 25.3 Å². The van der Waals surface area contributed by atoms with Gasteiger partial charge in [-0.2, -0.15) is 0 Å². The van der Waals surface area contributed by atoms with Crippen LogP contribution in [-0.2, 0) is 4.74 Å². The van der Waals surface area contributed by atoms with E-state index >= 15 is 0 Å². The number of hydrogen-bond donors (Lipinski definition) is 2. The molecule has 10 heteroatoms. The van der Waals surface area contributed by atoms with Gasteiger partial charge in [-0.1, -0.05) is 11.6 Å². The van der Waals surface area contributed by atoms with Gasteiger partial charge in [-0.3, -0.25) is 0 Å². The van der Waals surface area contributed by atoms with Crippen molar-refractivity contribution >= 4 is 34.5 Å². The highest BCUT2D eigenvalue weighted by atomic mass is 35.5. The second-order valence-electron chi connectivity index (χ2n) is 7.91. The van der Waals surface area contributed by atoms with Crippen LogP contribution in [0.2, 0.25) is 5.02 Å². The molecule has 4 rings (SSSR count). The lowest BCUT2D eigenvalue weighted by Crippen LogP contribution is -2.42. The fourth-order valence-corrected chi connectivity index (χ4v) is 3.86. The number of anilines is 1. The van der Waals surface area contributed by atoms with Gasteiger partial charge in [0.1, 0.15) is 5.65 Å². The Morgan fingerprint density at radius 1 is 1.42 bits per heavy atom. The number of hydrogen-bond acceptors (Lipinski definition) is 6. The maximum absolute atomic E-state index is 14.4. The number of rotatable bonds is 5. The molecule has 3 aromatic rings. The van der Waals surface area contributed by atoms with Crippen molar-refractivity contribution in [2.45, 2.75) is 32.8 Å². The summed E-state index contributed by atoms with van der Waals surface area (Å²) in [4.78, 5) is 29.7. The summed E-state index contributed by atoms with van der Waals surface area (Å²) >= 11 is 6.06. The molecule has 0 radical (unpaired) electrons. The van der Waals surface area contributed by atoms with Crippen LogP contribution in [0.4, 0.5) is 15.0 Å². The molecule has 164 valence electrons. The summed E-state index contributed by atoms with van der Waals surface area (Å²) in [5, 5.41) is 4.34. The summed E-state index contributed by atoms with van der Waals surface area (Å²) in [5.41, 5.74) is 1.34. The van der Waals surface area contributed by atoms with Crippen LogP contribution in [-0.4, -0.2) is 56.7 Å². The molecule has 0 spiro atoms. The number of amides is 1. The molecule has 0 saturated carbocycles. The molecule has 3 aromatic heterocycles. The summed E-state index contributed by atoms with van der Waals surface area (Å²) in [6.45, 7) is 5.37. The second kappa shape index (κ2) is 9.05. The maximum atomic E-state index is 14.4. The zero-order chi connectivity index (χ0) is 22.0. The number of nitrogens with one attached hydrogen (secondary N) is 2. The van der Waals surface area contributed by atoms with E-state index in [9.17, 15) is 9.18 Å². The smallest absolute Gasteiger partial charge is 0.410 e. The van der Waals surface area contributed by atoms with Gasteiger partial charge in [-0.15, -0.1) is 0 Å². The minimum absolute atomic E-state index is 0.121. The highest BCUT2D eigenvalue weighted by molar-refractivity contribution is 6.31. The number of piperidine rings is 1. The third-order valence-electron chi connectivity index (χ3n) is 5.15. The first kappa shape index (κ1) is 21.3. The van der Waals surface area contributed by atoms with E-state index in [1.165, 1.54) is 0 Å². The van der Waals surface area contributed by atoms with Crippen molar-refractivity contribution in [1.29, 1.82) is 0 Å². The van der Waals surface area contributed by atoms with Crippen molar-refractivity contribution in [3.05, 3.63) is 35.5 Å². The average Bonchev–Trinajstić information content (AvgIpc) is 3.16. The lowest BCUT2D eigenvalue weighted by Gasteiger charge is -2.32. The molecule has 1 fully saturated rings. The molecule has 31 heavy (non-hydrogen) atoms. The van der Waals surface area contributed by atoms with Gasteiger partial charge in [-0.05, 0) is 38.7 Å². The maximum Gasteiger partial charge on any atom is 0.410 e. The van der Waals surface area contributed by atoms with Crippen molar-refractivity contribution in [3.8, 4) is 11.4 Å². The summed E-state index contributed by atoms with van der Waals surface area (Å²) < 4.78 is 19.7. The minimum Gasteiger partial charge on any atom is -0.447 e. The number of likely N-dealkylation sites (tertiary alicyclic amines) is 1. The molecule has 0 bridgehead atoms. The van der Waals surface area contributed by atoms with Gasteiger partial charge < -0.3 is 19.9 Å². The van der Waals surface area contributed by atoms with E-state index in [1.54, 1.807) is 23.4 Å². The van der Waals surface area contributed by atoms with Crippen LogP contribution in [0, 0.1) is 11.7 Å². The van der Waals surface area contributed by atoms with Gasteiger partial charge in [-0.25, -0.2) is 24.1 Å². The number of H-pyrrole nitrogens is 1. The predicted octanol–water partition coefficient (Wildman–Crippen LogP) is 4.48. The number of aromatic nitrogens is 4. The highest BCUT2D eigenvalue weighted by Crippen LogP contribution is 2.28. The Kier molecular flexibility index (Phi) is 6.22. The lowest BCUT2D eigenvalue weighted by atomic mass is 9.98. The number of carbonyl (C=O) groups is 1. The number of fused-ring (bicyclic) bond motifs is 1. The van der Waals surface area contributed by atoms with E-state index in [0.29, 0.717) is 41.7 Å². The molecule has 4 heterocycles. The molecular formula is C21H24ClFN6O2. The Balaban J connectivity index is 1.47. The van der Waals surface area contributed by atoms with Crippen LogP contribution in [0.25, 0.3) is 22.4 Å². The summed E-state index contributed by atoms with van der Waals surface area (Å²) in [5.74, 6) is 0.121. The van der Waals surface area contributed by atoms with Crippen LogP contribution in [0.15, 0.2) is 24.7 Å². The number of ether oxygens (including phenoxy) is 1. The van der Waals surface area contributed by atoms with E-state index in [1.807, 2.05) is 13.8 Å². The van der Waals surface area contributed by atoms with Crippen LogP contribution in [0.1, 0.15) is 26.7 Å². The molecule has 0 aromatic carbocycles. The Morgan fingerprint density at radius 2 is 2.26 bits per heavy atom. The zero-order valence-corrected chi connectivity index (χ0v) is 18.1.